The van der Waals surface area contributed by atoms with Crippen LogP contribution in [-0.4, -0.2) is 33.8 Å². The smallest absolute Gasteiger partial charge is 0.306 e. The molecular weight excluding hydrogens is 258 g/mol. The molecular formula is C15H19NO4. The van der Waals surface area contributed by atoms with Gasteiger partial charge in [0, 0.05) is 6.04 Å². The van der Waals surface area contributed by atoms with Gasteiger partial charge in [0.2, 0.25) is 11.8 Å². The van der Waals surface area contributed by atoms with E-state index < -0.39 is 5.97 Å². The molecule has 5 nitrogen and oxygen atoms in total. The summed E-state index contributed by atoms with van der Waals surface area (Å²) in [4.78, 5) is 37.3. The van der Waals surface area contributed by atoms with Gasteiger partial charge < -0.3 is 5.11 Å². The second-order valence-electron chi connectivity index (χ2n) is 6.05. The third-order valence-corrected chi connectivity index (χ3v) is 4.95. The van der Waals surface area contributed by atoms with Crippen molar-refractivity contribution in [2.45, 2.75) is 44.6 Å². The fourth-order valence-electron chi connectivity index (χ4n) is 3.77. The van der Waals surface area contributed by atoms with Crippen molar-refractivity contribution in [1.29, 1.82) is 0 Å². The van der Waals surface area contributed by atoms with Crippen LogP contribution >= 0.6 is 0 Å². The van der Waals surface area contributed by atoms with E-state index in [1.165, 1.54) is 4.90 Å². The van der Waals surface area contributed by atoms with Crippen LogP contribution in [0.2, 0.25) is 0 Å². The number of nitrogens with zero attached hydrogens (tertiary/aromatic N) is 1. The number of likely N-dealkylation sites (tertiary alicyclic amines) is 1. The van der Waals surface area contributed by atoms with Crippen molar-refractivity contribution in [2.75, 3.05) is 0 Å². The number of carbonyl (C=O) groups is 3. The lowest BCUT2D eigenvalue weighted by molar-refractivity contribution is -0.145. The molecule has 1 N–H and O–H groups in total. The van der Waals surface area contributed by atoms with Crippen molar-refractivity contribution in [3.63, 3.8) is 0 Å². The van der Waals surface area contributed by atoms with E-state index in [2.05, 4.69) is 0 Å². The van der Waals surface area contributed by atoms with Gasteiger partial charge in [-0.2, -0.15) is 0 Å². The van der Waals surface area contributed by atoms with E-state index in [1.807, 2.05) is 12.2 Å². The quantitative estimate of drug-likeness (QED) is 0.614. The molecule has 0 spiro atoms. The summed E-state index contributed by atoms with van der Waals surface area (Å²) in [5.74, 6) is -1.51. The monoisotopic (exact) mass is 277 g/mol. The molecule has 3 rings (SSSR count). The van der Waals surface area contributed by atoms with Crippen LogP contribution < -0.4 is 0 Å². The summed E-state index contributed by atoms with van der Waals surface area (Å²) >= 11 is 0. The highest BCUT2D eigenvalue weighted by Crippen LogP contribution is 2.39. The molecule has 3 aliphatic rings. The fourth-order valence-corrected chi connectivity index (χ4v) is 3.77. The predicted octanol–water partition coefficient (Wildman–Crippen LogP) is 1.58. The van der Waals surface area contributed by atoms with Gasteiger partial charge in [0.25, 0.3) is 0 Å². The van der Waals surface area contributed by atoms with E-state index in [4.69, 9.17) is 5.11 Å². The van der Waals surface area contributed by atoms with Gasteiger partial charge in [0.15, 0.2) is 0 Å². The first kappa shape index (κ1) is 13.3. The third kappa shape index (κ3) is 2.05. The van der Waals surface area contributed by atoms with Crippen LogP contribution in [0.1, 0.15) is 38.5 Å². The Morgan fingerprint density at radius 3 is 1.95 bits per heavy atom. The number of aliphatic carboxylic acids is 1. The molecule has 2 amide bonds. The second-order valence-corrected chi connectivity index (χ2v) is 6.05. The van der Waals surface area contributed by atoms with Crippen LogP contribution in [0, 0.1) is 17.8 Å². The molecule has 0 aromatic heterocycles. The summed E-state index contributed by atoms with van der Waals surface area (Å²) < 4.78 is 0. The average Bonchev–Trinajstić information content (AvgIpc) is 2.72. The SMILES string of the molecule is O=C(O)C1CCC(N2C(=O)[C@H]3CC=CC[C@@H]3C2=O)CC1. The maximum Gasteiger partial charge on any atom is 0.306 e. The summed E-state index contributed by atoms with van der Waals surface area (Å²) in [5, 5.41) is 9.01. The Balaban J connectivity index is 1.71. The standard InChI is InChI=1S/C15H19NO4/c17-13-11-3-1-2-4-12(11)14(18)16(13)10-7-5-9(6-8-10)15(19)20/h1-2,9-12H,3-8H2,(H,19,20)/t9?,10?,11-,12-/m0/s1. The second kappa shape index (κ2) is 5.04. The first-order chi connectivity index (χ1) is 9.59. The van der Waals surface area contributed by atoms with Gasteiger partial charge in [-0.1, -0.05) is 12.2 Å². The molecule has 0 aromatic rings. The van der Waals surface area contributed by atoms with Crippen molar-refractivity contribution in [1.82, 2.24) is 4.90 Å². The lowest BCUT2D eigenvalue weighted by Crippen LogP contribution is -2.43. The topological polar surface area (TPSA) is 74.7 Å². The number of imide groups is 1. The highest BCUT2D eigenvalue weighted by molar-refractivity contribution is 6.05. The Morgan fingerprint density at radius 1 is 1.00 bits per heavy atom. The molecule has 0 radical (unpaired) electrons. The van der Waals surface area contributed by atoms with Crippen LogP contribution in [0.3, 0.4) is 0 Å². The Kier molecular flexibility index (Phi) is 3.36. The predicted molar refractivity (Wildman–Crippen MR) is 70.6 cm³/mol. The number of carbonyl (C=O) groups excluding carboxylic acids is 2. The summed E-state index contributed by atoms with van der Waals surface area (Å²) in [6, 6.07) is -0.0869. The molecule has 2 aliphatic carbocycles. The number of allylic oxidation sites excluding steroid dienone is 2. The van der Waals surface area contributed by atoms with Gasteiger partial charge in [0.1, 0.15) is 0 Å². The molecule has 2 fully saturated rings. The largest absolute Gasteiger partial charge is 0.481 e. The Labute approximate surface area is 117 Å². The van der Waals surface area contributed by atoms with Crippen LogP contribution in [0.4, 0.5) is 0 Å². The van der Waals surface area contributed by atoms with Gasteiger partial charge >= 0.3 is 5.97 Å². The van der Waals surface area contributed by atoms with Crippen LogP contribution in [0.25, 0.3) is 0 Å². The van der Waals surface area contributed by atoms with E-state index in [-0.39, 0.29) is 35.6 Å². The first-order valence-corrected chi connectivity index (χ1v) is 7.34. The maximum atomic E-state index is 12.4. The highest BCUT2D eigenvalue weighted by Gasteiger charge is 2.50. The first-order valence-electron chi connectivity index (χ1n) is 7.34. The molecule has 20 heavy (non-hydrogen) atoms. The van der Waals surface area contributed by atoms with Gasteiger partial charge in [-0.25, -0.2) is 0 Å². The van der Waals surface area contributed by atoms with Crippen LogP contribution in [0.15, 0.2) is 12.2 Å². The summed E-state index contributed by atoms with van der Waals surface area (Å²) in [5.41, 5.74) is 0. The van der Waals surface area contributed by atoms with E-state index in [0.29, 0.717) is 38.5 Å². The van der Waals surface area contributed by atoms with E-state index >= 15 is 0 Å². The van der Waals surface area contributed by atoms with Crippen LogP contribution in [0.5, 0.6) is 0 Å². The van der Waals surface area contributed by atoms with Gasteiger partial charge in [-0.05, 0) is 38.5 Å². The molecule has 0 aromatic carbocycles. The zero-order valence-corrected chi connectivity index (χ0v) is 11.3. The number of amides is 2. The zero-order chi connectivity index (χ0) is 14.3. The molecule has 1 saturated heterocycles. The molecule has 1 saturated carbocycles. The number of carboxylic acid groups (broad SMARTS) is 1. The van der Waals surface area contributed by atoms with Crippen molar-refractivity contribution in [2.24, 2.45) is 17.8 Å². The van der Waals surface area contributed by atoms with E-state index in [9.17, 15) is 14.4 Å². The Hall–Kier alpha value is -1.65. The number of rotatable bonds is 2. The normalized spacial score (nSPS) is 37.1. The minimum atomic E-state index is -0.764. The Bertz CT molecular complexity index is 450. The molecule has 1 aliphatic heterocycles. The minimum Gasteiger partial charge on any atom is -0.481 e. The molecule has 0 bridgehead atoms. The van der Waals surface area contributed by atoms with Gasteiger partial charge in [0.05, 0.1) is 17.8 Å². The van der Waals surface area contributed by atoms with Gasteiger partial charge in [-0.15, -0.1) is 0 Å². The number of hydrogen-bond acceptors (Lipinski definition) is 3. The third-order valence-electron chi connectivity index (χ3n) is 4.95. The average molecular weight is 277 g/mol. The Morgan fingerprint density at radius 2 is 1.50 bits per heavy atom. The highest BCUT2D eigenvalue weighted by atomic mass is 16.4. The molecule has 5 heteroatoms. The number of hydrogen-bond donors (Lipinski definition) is 1. The van der Waals surface area contributed by atoms with Crippen molar-refractivity contribution in [3.05, 3.63) is 12.2 Å². The molecule has 2 atom stereocenters. The molecule has 108 valence electrons. The van der Waals surface area contributed by atoms with Crippen molar-refractivity contribution in [3.8, 4) is 0 Å². The lowest BCUT2D eigenvalue weighted by Gasteiger charge is -2.32. The maximum absolute atomic E-state index is 12.4. The summed E-state index contributed by atoms with van der Waals surface area (Å²) in [7, 11) is 0. The molecule has 1 heterocycles. The van der Waals surface area contributed by atoms with Crippen molar-refractivity contribution >= 4 is 17.8 Å². The summed E-state index contributed by atoms with van der Waals surface area (Å²) in [6.07, 6.45) is 7.67. The van der Waals surface area contributed by atoms with Crippen LogP contribution in [-0.2, 0) is 14.4 Å². The zero-order valence-electron chi connectivity index (χ0n) is 11.3. The fraction of sp³-hybridized carbons (Fsp3) is 0.667. The van der Waals surface area contributed by atoms with E-state index in [0.717, 1.165) is 0 Å². The number of fused-ring (bicyclic) bond motifs is 1. The lowest BCUT2D eigenvalue weighted by atomic mass is 9.85. The summed E-state index contributed by atoms with van der Waals surface area (Å²) in [6.45, 7) is 0. The number of carboxylic acids is 1. The van der Waals surface area contributed by atoms with Crippen molar-refractivity contribution < 1.29 is 19.5 Å². The molecule has 0 unspecified atom stereocenters. The van der Waals surface area contributed by atoms with E-state index in [1.54, 1.807) is 0 Å². The minimum absolute atomic E-state index is 0.0388. The van der Waals surface area contributed by atoms with Gasteiger partial charge in [-0.3, -0.25) is 19.3 Å².